The number of carbonyl (C=O) groups excluding carboxylic acids is 2. The Morgan fingerprint density at radius 3 is 2.60 bits per heavy atom. The van der Waals surface area contributed by atoms with Crippen LogP contribution in [0.1, 0.15) is 101 Å². The van der Waals surface area contributed by atoms with Crippen LogP contribution in [0, 0.1) is 53.3 Å². The number of ether oxygens (including phenoxy) is 1. The number of hydrogen-bond acceptors (Lipinski definition) is 8. The Balaban J connectivity index is 1.24. The Kier molecular flexibility index (Phi) is 8.43. The maximum absolute atomic E-state index is 12.8. The number of aliphatic hydroxyl groups is 3. The molecule has 1 aromatic heterocycles. The average Bonchev–Trinajstić information content (AvgIpc) is 3.44. The molecule has 0 spiro atoms. The Hall–Kier alpha value is -1.55. The number of aryl methyl sites for hydroxylation is 1. The number of aliphatic hydroxyl groups excluding tert-OH is 3. The summed E-state index contributed by atoms with van der Waals surface area (Å²) in [4.78, 5) is 29.7. The normalized spacial score (nSPS) is 41.4. The van der Waals surface area contributed by atoms with E-state index in [2.05, 4.69) is 31.1 Å². The van der Waals surface area contributed by atoms with Gasteiger partial charge >= 0.3 is 5.97 Å². The van der Waals surface area contributed by atoms with E-state index in [1.54, 1.807) is 13.8 Å². The summed E-state index contributed by atoms with van der Waals surface area (Å²) in [7, 11) is 0. The monoisotopic (exact) mass is 576 g/mol. The van der Waals surface area contributed by atoms with Crippen LogP contribution in [0.25, 0.3) is 0 Å². The van der Waals surface area contributed by atoms with Gasteiger partial charge in [0.05, 0.1) is 30.6 Å². The van der Waals surface area contributed by atoms with Gasteiger partial charge < -0.3 is 25.4 Å². The third-order valence-electron chi connectivity index (χ3n) is 11.9. The summed E-state index contributed by atoms with van der Waals surface area (Å²) in [6.07, 6.45) is 6.00. The summed E-state index contributed by atoms with van der Waals surface area (Å²) in [5.74, 6) is 1.03. The highest BCUT2D eigenvalue weighted by atomic mass is 32.1. The van der Waals surface area contributed by atoms with Crippen LogP contribution in [-0.2, 0) is 9.53 Å². The molecule has 8 nitrogen and oxygen atoms in total. The number of fused-ring (bicyclic) bond motifs is 5. The molecule has 11 unspecified atom stereocenters. The molecule has 0 aliphatic heterocycles. The molecule has 4 aliphatic rings. The molecule has 224 valence electrons. The van der Waals surface area contributed by atoms with Crippen molar-refractivity contribution < 1.29 is 29.6 Å². The number of rotatable bonds is 7. The minimum atomic E-state index is -0.434. The van der Waals surface area contributed by atoms with Gasteiger partial charge in [-0.25, -0.2) is 9.78 Å². The Morgan fingerprint density at radius 2 is 1.88 bits per heavy atom. The van der Waals surface area contributed by atoms with Crippen LogP contribution in [-0.4, -0.2) is 57.1 Å². The molecule has 1 aromatic rings. The molecule has 4 aliphatic carbocycles. The minimum absolute atomic E-state index is 0.0640. The third-order valence-corrected chi connectivity index (χ3v) is 12.9. The number of anilines is 1. The number of hydrogen-bond donors (Lipinski definition) is 4. The van der Waals surface area contributed by atoms with Crippen LogP contribution in [0.5, 0.6) is 0 Å². The molecule has 5 rings (SSSR count). The number of aromatic nitrogens is 1. The van der Waals surface area contributed by atoms with E-state index in [1.165, 1.54) is 0 Å². The second-order valence-corrected chi connectivity index (χ2v) is 14.7. The van der Waals surface area contributed by atoms with Gasteiger partial charge in [0.1, 0.15) is 4.88 Å². The summed E-state index contributed by atoms with van der Waals surface area (Å²) in [6, 6.07) is 0. The van der Waals surface area contributed by atoms with Crippen LogP contribution in [0.4, 0.5) is 5.13 Å². The van der Waals surface area contributed by atoms with E-state index in [0.717, 1.165) is 49.9 Å². The SMILES string of the molecule is CCOC(=O)c1sc(NC(=O)CCC(C)C2CCC3C4C(O)CC5CC(O)CCC5(C)C4CC(O)C23C)nc1C. The summed E-state index contributed by atoms with van der Waals surface area (Å²) < 4.78 is 5.07. The lowest BCUT2D eigenvalue weighted by Crippen LogP contribution is -2.62. The highest BCUT2D eigenvalue weighted by Crippen LogP contribution is 2.68. The lowest BCUT2D eigenvalue weighted by atomic mass is 9.43. The standard InChI is InChI=1S/C31H48N2O6S/c1-6-39-28(38)27-17(3)32-29(40-27)33-25(37)10-7-16(2)20-8-9-21-26-22(15-24(36)31(20,21)5)30(4)12-11-19(34)13-18(30)14-23(26)35/h16,18-24,26,34-36H,6-15H2,1-5H3,(H,32,33,37). The van der Waals surface area contributed by atoms with Gasteiger partial charge in [-0.1, -0.05) is 32.1 Å². The molecular formula is C31H48N2O6S. The Morgan fingerprint density at radius 1 is 1.12 bits per heavy atom. The van der Waals surface area contributed by atoms with Gasteiger partial charge in [-0.15, -0.1) is 0 Å². The molecule has 0 bridgehead atoms. The number of esters is 1. The first kappa shape index (κ1) is 29.9. The van der Waals surface area contributed by atoms with E-state index >= 15 is 0 Å². The number of amides is 1. The first-order valence-electron chi connectivity index (χ1n) is 15.4. The topological polar surface area (TPSA) is 129 Å². The molecule has 1 heterocycles. The van der Waals surface area contributed by atoms with E-state index in [1.807, 2.05) is 0 Å². The van der Waals surface area contributed by atoms with Gasteiger partial charge in [0.2, 0.25) is 5.91 Å². The maximum atomic E-state index is 12.8. The fourth-order valence-corrected chi connectivity index (χ4v) is 10.6. The lowest BCUT2D eigenvalue weighted by Gasteiger charge is -2.63. The second-order valence-electron chi connectivity index (χ2n) is 13.7. The van der Waals surface area contributed by atoms with Gasteiger partial charge in [0.15, 0.2) is 5.13 Å². The molecule has 9 heteroatoms. The van der Waals surface area contributed by atoms with Crippen molar-refractivity contribution in [1.29, 1.82) is 0 Å². The fraction of sp³-hybridized carbons (Fsp3) is 0.839. The number of nitrogens with zero attached hydrogens (tertiary/aromatic N) is 1. The summed E-state index contributed by atoms with van der Waals surface area (Å²) >= 11 is 1.14. The van der Waals surface area contributed by atoms with Crippen molar-refractivity contribution in [2.45, 2.75) is 111 Å². The zero-order valence-corrected chi connectivity index (χ0v) is 25.5. The van der Waals surface area contributed by atoms with E-state index in [-0.39, 0.29) is 65.1 Å². The van der Waals surface area contributed by atoms with Gasteiger partial charge in [-0.2, -0.15) is 0 Å². The second kappa shape index (κ2) is 11.3. The predicted octanol–water partition coefficient (Wildman–Crippen LogP) is 4.94. The third kappa shape index (κ3) is 5.03. The minimum Gasteiger partial charge on any atom is -0.462 e. The van der Waals surface area contributed by atoms with Crippen molar-refractivity contribution in [1.82, 2.24) is 4.98 Å². The van der Waals surface area contributed by atoms with Crippen LogP contribution in [0.3, 0.4) is 0 Å². The molecule has 11 atom stereocenters. The largest absolute Gasteiger partial charge is 0.462 e. The highest BCUT2D eigenvalue weighted by Gasteiger charge is 2.65. The molecule has 1 amide bonds. The number of carbonyl (C=O) groups is 2. The summed E-state index contributed by atoms with van der Waals surface area (Å²) in [5, 5.41) is 36.8. The zero-order valence-electron chi connectivity index (χ0n) is 24.7. The number of thiazole rings is 1. The molecule has 0 radical (unpaired) electrons. The average molecular weight is 577 g/mol. The quantitative estimate of drug-likeness (QED) is 0.338. The van der Waals surface area contributed by atoms with E-state index in [4.69, 9.17) is 4.74 Å². The van der Waals surface area contributed by atoms with Crippen molar-refractivity contribution in [2.24, 2.45) is 46.3 Å². The molecule has 40 heavy (non-hydrogen) atoms. The van der Waals surface area contributed by atoms with Crippen molar-refractivity contribution >= 4 is 28.3 Å². The zero-order chi connectivity index (χ0) is 29.0. The van der Waals surface area contributed by atoms with Gasteiger partial charge in [0, 0.05) is 6.42 Å². The highest BCUT2D eigenvalue weighted by molar-refractivity contribution is 7.17. The van der Waals surface area contributed by atoms with Crippen LogP contribution < -0.4 is 5.32 Å². The molecule has 0 saturated heterocycles. The fourth-order valence-electron chi connectivity index (χ4n) is 9.71. The van der Waals surface area contributed by atoms with Crippen LogP contribution in [0.15, 0.2) is 0 Å². The molecule has 4 saturated carbocycles. The molecule has 0 aromatic carbocycles. The van der Waals surface area contributed by atoms with Crippen LogP contribution in [0.2, 0.25) is 0 Å². The smallest absolute Gasteiger partial charge is 0.350 e. The first-order valence-corrected chi connectivity index (χ1v) is 16.2. The first-order chi connectivity index (χ1) is 18.9. The van der Waals surface area contributed by atoms with Gasteiger partial charge in [-0.05, 0) is 112 Å². The predicted molar refractivity (Wildman–Crippen MR) is 154 cm³/mol. The van der Waals surface area contributed by atoms with Crippen LogP contribution >= 0.6 is 11.3 Å². The molecular weight excluding hydrogens is 528 g/mol. The van der Waals surface area contributed by atoms with Gasteiger partial charge in [-0.3, -0.25) is 4.79 Å². The molecule has 4 fully saturated rings. The van der Waals surface area contributed by atoms with Crippen molar-refractivity contribution in [3.63, 3.8) is 0 Å². The number of nitrogens with one attached hydrogen (secondary N) is 1. The lowest BCUT2D eigenvalue weighted by molar-refractivity contribution is -0.207. The summed E-state index contributed by atoms with van der Waals surface area (Å²) in [5.41, 5.74) is 0.335. The van der Waals surface area contributed by atoms with Crippen molar-refractivity contribution in [2.75, 3.05) is 11.9 Å². The van der Waals surface area contributed by atoms with E-state index < -0.39 is 12.1 Å². The Labute approximate surface area is 242 Å². The van der Waals surface area contributed by atoms with E-state index in [9.17, 15) is 24.9 Å². The van der Waals surface area contributed by atoms with Gasteiger partial charge in [0.25, 0.3) is 0 Å². The van der Waals surface area contributed by atoms with Crippen molar-refractivity contribution in [3.8, 4) is 0 Å². The van der Waals surface area contributed by atoms with E-state index in [0.29, 0.717) is 40.9 Å². The van der Waals surface area contributed by atoms with Crippen molar-refractivity contribution in [3.05, 3.63) is 10.6 Å². The molecule has 4 N–H and O–H groups in total. The Bertz CT molecular complexity index is 1110. The maximum Gasteiger partial charge on any atom is 0.350 e. The summed E-state index contributed by atoms with van der Waals surface area (Å²) in [6.45, 7) is 10.6.